The third-order valence-corrected chi connectivity index (χ3v) is 2.46. The summed E-state index contributed by atoms with van der Waals surface area (Å²) in [5.41, 5.74) is 1.93. The summed E-state index contributed by atoms with van der Waals surface area (Å²) in [5.74, 6) is -0.0825. The Labute approximate surface area is 93.1 Å². The highest BCUT2D eigenvalue weighted by molar-refractivity contribution is 5.80. The Balaban J connectivity index is 2.35. The maximum Gasteiger partial charge on any atom is 0.220 e. The summed E-state index contributed by atoms with van der Waals surface area (Å²) in [4.78, 5) is 10.8. The Morgan fingerprint density at radius 2 is 2.06 bits per heavy atom. The van der Waals surface area contributed by atoms with Gasteiger partial charge >= 0.3 is 0 Å². The highest BCUT2D eigenvalue weighted by Gasteiger charge is 2.14. The van der Waals surface area contributed by atoms with E-state index in [1.165, 1.54) is 4.68 Å². The van der Waals surface area contributed by atoms with Crippen LogP contribution in [-0.2, 0) is 13.5 Å². The SMILES string of the molecule is Cn1nc(Cc2ccccc2)c(C=O)c1O. The third kappa shape index (κ3) is 1.82. The van der Waals surface area contributed by atoms with Crippen molar-refractivity contribution in [2.24, 2.45) is 7.05 Å². The average Bonchev–Trinajstić information content (AvgIpc) is 2.56. The first-order valence-corrected chi connectivity index (χ1v) is 4.96. The van der Waals surface area contributed by atoms with E-state index in [0.29, 0.717) is 18.4 Å². The molecule has 0 radical (unpaired) electrons. The molecule has 0 amide bonds. The minimum Gasteiger partial charge on any atom is -0.493 e. The molecule has 0 atom stereocenters. The number of hydrogen-bond donors (Lipinski definition) is 1. The summed E-state index contributed by atoms with van der Waals surface area (Å²) in [7, 11) is 1.61. The smallest absolute Gasteiger partial charge is 0.220 e. The van der Waals surface area contributed by atoms with Crippen molar-refractivity contribution in [2.75, 3.05) is 0 Å². The standard InChI is InChI=1S/C12H12N2O2/c1-14-12(16)10(8-15)11(13-14)7-9-5-3-2-4-6-9/h2-6,8,16H,7H2,1H3. The number of nitrogens with zero attached hydrogens (tertiary/aromatic N) is 2. The number of aromatic nitrogens is 2. The zero-order valence-electron chi connectivity index (χ0n) is 8.92. The fourth-order valence-corrected chi connectivity index (χ4v) is 1.63. The van der Waals surface area contributed by atoms with Crippen molar-refractivity contribution in [3.63, 3.8) is 0 Å². The molecule has 1 aromatic carbocycles. The summed E-state index contributed by atoms with van der Waals surface area (Å²) >= 11 is 0. The fourth-order valence-electron chi connectivity index (χ4n) is 1.63. The maximum atomic E-state index is 10.8. The van der Waals surface area contributed by atoms with E-state index in [4.69, 9.17) is 0 Å². The Morgan fingerprint density at radius 1 is 1.38 bits per heavy atom. The lowest BCUT2D eigenvalue weighted by Gasteiger charge is -1.97. The number of benzene rings is 1. The first-order valence-electron chi connectivity index (χ1n) is 4.96. The lowest BCUT2D eigenvalue weighted by atomic mass is 10.1. The van der Waals surface area contributed by atoms with Crippen LogP contribution >= 0.6 is 0 Å². The molecule has 1 aromatic heterocycles. The molecule has 0 aliphatic carbocycles. The number of rotatable bonds is 3. The molecule has 82 valence electrons. The van der Waals surface area contributed by atoms with Crippen LogP contribution in [0.2, 0.25) is 0 Å². The normalized spacial score (nSPS) is 10.3. The van der Waals surface area contributed by atoms with Gasteiger partial charge in [-0.3, -0.25) is 4.79 Å². The molecule has 0 spiro atoms. The number of hydrogen-bond acceptors (Lipinski definition) is 3. The van der Waals surface area contributed by atoms with Crippen LogP contribution in [0, 0.1) is 0 Å². The quantitative estimate of drug-likeness (QED) is 0.791. The van der Waals surface area contributed by atoms with Gasteiger partial charge < -0.3 is 5.11 Å². The second-order valence-corrected chi connectivity index (χ2v) is 3.59. The molecule has 0 bridgehead atoms. The van der Waals surface area contributed by atoms with E-state index < -0.39 is 0 Å². The second kappa shape index (κ2) is 4.18. The largest absolute Gasteiger partial charge is 0.493 e. The van der Waals surface area contributed by atoms with Crippen molar-refractivity contribution < 1.29 is 9.90 Å². The molecule has 1 heterocycles. The van der Waals surface area contributed by atoms with Gasteiger partial charge in [0.05, 0.1) is 11.3 Å². The molecule has 16 heavy (non-hydrogen) atoms. The Morgan fingerprint density at radius 3 is 2.69 bits per heavy atom. The van der Waals surface area contributed by atoms with Crippen LogP contribution in [0.25, 0.3) is 0 Å². The number of aryl methyl sites for hydroxylation is 1. The summed E-state index contributed by atoms with van der Waals surface area (Å²) < 4.78 is 1.31. The van der Waals surface area contributed by atoms with E-state index in [1.54, 1.807) is 7.05 Å². The van der Waals surface area contributed by atoms with Crippen LogP contribution in [0.3, 0.4) is 0 Å². The van der Waals surface area contributed by atoms with Crippen LogP contribution in [0.1, 0.15) is 21.6 Å². The van der Waals surface area contributed by atoms with E-state index >= 15 is 0 Å². The van der Waals surface area contributed by atoms with Gasteiger partial charge in [0.25, 0.3) is 0 Å². The molecule has 2 aromatic rings. The van der Waals surface area contributed by atoms with Gasteiger partial charge in [-0.15, -0.1) is 0 Å². The van der Waals surface area contributed by atoms with Crippen molar-refractivity contribution >= 4 is 6.29 Å². The monoisotopic (exact) mass is 216 g/mol. The Hall–Kier alpha value is -2.10. The molecule has 0 fully saturated rings. The van der Waals surface area contributed by atoms with Crippen molar-refractivity contribution in [3.05, 3.63) is 47.2 Å². The van der Waals surface area contributed by atoms with Gasteiger partial charge in [-0.25, -0.2) is 4.68 Å². The van der Waals surface area contributed by atoms with Gasteiger partial charge in [0.1, 0.15) is 0 Å². The number of carbonyl (C=O) groups is 1. The number of aromatic hydroxyl groups is 1. The molecular formula is C12H12N2O2. The molecule has 4 heteroatoms. The van der Waals surface area contributed by atoms with Crippen molar-refractivity contribution in [3.8, 4) is 5.88 Å². The molecule has 0 saturated heterocycles. The first kappa shape index (κ1) is 10.4. The van der Waals surface area contributed by atoms with Crippen LogP contribution < -0.4 is 0 Å². The van der Waals surface area contributed by atoms with Gasteiger partial charge in [0, 0.05) is 13.5 Å². The maximum absolute atomic E-state index is 10.8. The summed E-state index contributed by atoms with van der Waals surface area (Å²) in [5, 5.41) is 13.7. The molecule has 0 aliphatic heterocycles. The van der Waals surface area contributed by atoms with Gasteiger partial charge in [-0.1, -0.05) is 30.3 Å². The van der Waals surface area contributed by atoms with Crippen LogP contribution in [0.5, 0.6) is 5.88 Å². The minimum absolute atomic E-state index is 0.0825. The lowest BCUT2D eigenvalue weighted by molar-refractivity contribution is 0.112. The minimum atomic E-state index is -0.0825. The topological polar surface area (TPSA) is 55.1 Å². The van der Waals surface area contributed by atoms with E-state index in [0.717, 1.165) is 5.56 Å². The number of aldehydes is 1. The summed E-state index contributed by atoms with van der Waals surface area (Å²) in [6.07, 6.45) is 1.18. The predicted molar refractivity (Wildman–Crippen MR) is 59.5 cm³/mol. The van der Waals surface area contributed by atoms with E-state index in [1.807, 2.05) is 30.3 Å². The molecule has 0 saturated carbocycles. The van der Waals surface area contributed by atoms with Gasteiger partial charge in [-0.05, 0) is 5.56 Å². The van der Waals surface area contributed by atoms with Crippen molar-refractivity contribution in [1.29, 1.82) is 0 Å². The molecule has 0 aliphatic rings. The van der Waals surface area contributed by atoms with Crippen molar-refractivity contribution in [1.82, 2.24) is 9.78 Å². The third-order valence-electron chi connectivity index (χ3n) is 2.46. The molecule has 4 nitrogen and oxygen atoms in total. The van der Waals surface area contributed by atoms with E-state index in [-0.39, 0.29) is 11.4 Å². The van der Waals surface area contributed by atoms with E-state index in [9.17, 15) is 9.90 Å². The highest BCUT2D eigenvalue weighted by atomic mass is 16.3. The van der Waals surface area contributed by atoms with Gasteiger partial charge in [0.2, 0.25) is 5.88 Å². The molecular weight excluding hydrogens is 204 g/mol. The average molecular weight is 216 g/mol. The molecule has 1 N–H and O–H groups in total. The summed E-state index contributed by atoms with van der Waals surface area (Å²) in [6.45, 7) is 0. The van der Waals surface area contributed by atoms with Gasteiger partial charge in [-0.2, -0.15) is 5.10 Å². The van der Waals surface area contributed by atoms with Crippen LogP contribution in [0.4, 0.5) is 0 Å². The Kier molecular flexibility index (Phi) is 2.72. The first-order chi connectivity index (χ1) is 7.72. The van der Waals surface area contributed by atoms with E-state index in [2.05, 4.69) is 5.10 Å². The zero-order chi connectivity index (χ0) is 11.5. The second-order valence-electron chi connectivity index (χ2n) is 3.59. The molecule has 2 rings (SSSR count). The molecule has 0 unspecified atom stereocenters. The zero-order valence-corrected chi connectivity index (χ0v) is 8.92. The Bertz CT molecular complexity index is 503. The van der Waals surface area contributed by atoms with Crippen LogP contribution in [-0.4, -0.2) is 21.2 Å². The predicted octanol–water partition coefficient (Wildman–Crippen LogP) is 1.53. The fraction of sp³-hybridized carbons (Fsp3) is 0.167. The summed E-state index contributed by atoms with van der Waals surface area (Å²) in [6, 6.07) is 9.71. The van der Waals surface area contributed by atoms with Gasteiger partial charge in [0.15, 0.2) is 6.29 Å². The van der Waals surface area contributed by atoms with Crippen molar-refractivity contribution in [2.45, 2.75) is 6.42 Å². The van der Waals surface area contributed by atoms with Crippen LogP contribution in [0.15, 0.2) is 30.3 Å². The highest BCUT2D eigenvalue weighted by Crippen LogP contribution is 2.20. The number of carbonyl (C=O) groups excluding carboxylic acids is 1. The lowest BCUT2D eigenvalue weighted by Crippen LogP contribution is -1.94.